The highest BCUT2D eigenvalue weighted by Crippen LogP contribution is 2.34. The van der Waals surface area contributed by atoms with Crippen LogP contribution in [0.25, 0.3) is 0 Å². The Kier molecular flexibility index (Phi) is 5.96. The van der Waals surface area contributed by atoms with Crippen molar-refractivity contribution in [3.8, 4) is 0 Å². The number of sulfone groups is 2. The first-order chi connectivity index (χ1) is 13.3. The number of halogens is 1. The van der Waals surface area contributed by atoms with E-state index in [1.807, 2.05) is 0 Å². The average molecular weight is 419 g/mol. The van der Waals surface area contributed by atoms with Crippen molar-refractivity contribution in [1.82, 2.24) is 0 Å². The van der Waals surface area contributed by atoms with Gasteiger partial charge in [0, 0.05) is 6.42 Å². The minimum atomic E-state index is -4.34. The Labute approximate surface area is 164 Å². The summed E-state index contributed by atoms with van der Waals surface area (Å²) in [5, 5.41) is 0. The first-order valence-corrected chi connectivity index (χ1v) is 11.7. The van der Waals surface area contributed by atoms with Crippen molar-refractivity contribution in [3.63, 3.8) is 0 Å². The van der Waals surface area contributed by atoms with Gasteiger partial charge in [-0.15, -0.1) is 0 Å². The van der Waals surface area contributed by atoms with Crippen LogP contribution in [-0.4, -0.2) is 21.4 Å². The molecule has 3 aromatic carbocycles. The van der Waals surface area contributed by atoms with Crippen LogP contribution in [0.1, 0.15) is 18.2 Å². The second-order valence-electron chi connectivity index (χ2n) is 6.26. The molecule has 0 heterocycles. The fourth-order valence-electron chi connectivity index (χ4n) is 2.91. The molecule has 1 atom stereocenters. The van der Waals surface area contributed by atoms with Gasteiger partial charge >= 0.3 is 0 Å². The summed E-state index contributed by atoms with van der Waals surface area (Å²) in [6.07, 6.45) is -2.44. The lowest BCUT2D eigenvalue weighted by molar-refractivity contribution is 0.328. The van der Waals surface area contributed by atoms with Crippen LogP contribution in [0.4, 0.5) is 4.39 Å². The Bertz CT molecular complexity index is 1050. The first-order valence-electron chi connectivity index (χ1n) is 8.60. The van der Waals surface area contributed by atoms with Gasteiger partial charge in [-0.1, -0.05) is 66.7 Å². The SMILES string of the molecule is O=S(=O)(c1ccccc1)C(CC(F)c1ccccc1)S(=O)(=O)c1ccccc1. The normalized spacial score (nSPS) is 13.4. The quantitative estimate of drug-likeness (QED) is 0.572. The Morgan fingerprint density at radius 1 is 0.607 bits per heavy atom. The van der Waals surface area contributed by atoms with Crippen LogP contribution in [0.2, 0.25) is 0 Å². The van der Waals surface area contributed by atoms with Crippen molar-refractivity contribution in [2.75, 3.05) is 0 Å². The topological polar surface area (TPSA) is 68.3 Å². The lowest BCUT2D eigenvalue weighted by Gasteiger charge is -2.20. The van der Waals surface area contributed by atoms with Gasteiger partial charge in [-0.25, -0.2) is 21.2 Å². The third-order valence-corrected chi connectivity index (χ3v) is 9.54. The zero-order valence-corrected chi connectivity index (χ0v) is 16.5. The largest absolute Gasteiger partial charge is 0.242 e. The lowest BCUT2D eigenvalue weighted by Crippen LogP contribution is -2.32. The third kappa shape index (κ3) is 4.15. The average Bonchev–Trinajstić information content (AvgIpc) is 2.73. The van der Waals surface area contributed by atoms with E-state index in [1.54, 1.807) is 30.3 Å². The molecule has 0 spiro atoms. The standard InChI is InChI=1S/C21H19FO4S2/c22-20(17-10-4-1-5-11-17)16-21(27(23,24)18-12-6-2-7-13-18)28(25,26)19-14-8-3-9-15-19/h1-15,20-21H,16H2. The summed E-state index contributed by atoms with van der Waals surface area (Å²) in [5.41, 5.74) is 0.235. The first kappa shape index (κ1) is 20.2. The van der Waals surface area contributed by atoms with Crippen LogP contribution in [0.15, 0.2) is 101 Å². The second kappa shape index (κ2) is 8.24. The van der Waals surface area contributed by atoms with Crippen LogP contribution < -0.4 is 0 Å². The summed E-state index contributed by atoms with van der Waals surface area (Å²) in [4.78, 5) is -0.306. The number of alkyl halides is 1. The minimum Gasteiger partial charge on any atom is -0.242 e. The molecule has 0 radical (unpaired) electrons. The molecule has 4 nitrogen and oxygen atoms in total. The van der Waals surface area contributed by atoms with Crippen molar-refractivity contribution in [2.24, 2.45) is 0 Å². The maximum absolute atomic E-state index is 14.9. The molecule has 0 saturated carbocycles. The van der Waals surface area contributed by atoms with E-state index in [2.05, 4.69) is 0 Å². The summed E-state index contributed by atoms with van der Waals surface area (Å²) in [6, 6.07) is 22.5. The fraction of sp³-hybridized carbons (Fsp3) is 0.143. The number of hydrogen-bond donors (Lipinski definition) is 0. The van der Waals surface area contributed by atoms with Gasteiger partial charge in [0.15, 0.2) is 24.3 Å². The van der Waals surface area contributed by atoms with E-state index >= 15 is 0 Å². The molecular weight excluding hydrogens is 399 g/mol. The van der Waals surface area contributed by atoms with Gasteiger partial charge in [-0.05, 0) is 29.8 Å². The molecule has 0 bridgehead atoms. The van der Waals surface area contributed by atoms with E-state index in [9.17, 15) is 21.2 Å². The van der Waals surface area contributed by atoms with E-state index < -0.39 is 36.8 Å². The van der Waals surface area contributed by atoms with Gasteiger partial charge in [0.25, 0.3) is 0 Å². The fourth-order valence-corrected chi connectivity index (χ4v) is 7.44. The van der Waals surface area contributed by atoms with Gasteiger partial charge in [0.05, 0.1) is 9.79 Å². The van der Waals surface area contributed by atoms with Crippen LogP contribution in [0.5, 0.6) is 0 Å². The van der Waals surface area contributed by atoms with E-state index in [4.69, 9.17) is 0 Å². The van der Waals surface area contributed by atoms with E-state index in [0.717, 1.165) is 0 Å². The highest BCUT2D eigenvalue weighted by molar-refractivity contribution is 8.09. The predicted octanol–water partition coefficient (Wildman–Crippen LogP) is 4.36. The van der Waals surface area contributed by atoms with Gasteiger partial charge in [-0.3, -0.25) is 0 Å². The van der Waals surface area contributed by atoms with E-state index in [1.165, 1.54) is 60.7 Å². The molecule has 28 heavy (non-hydrogen) atoms. The summed E-state index contributed by atoms with van der Waals surface area (Å²) >= 11 is 0. The molecule has 3 rings (SSSR count). The lowest BCUT2D eigenvalue weighted by atomic mass is 10.1. The molecule has 7 heteroatoms. The van der Waals surface area contributed by atoms with E-state index in [0.29, 0.717) is 0 Å². The van der Waals surface area contributed by atoms with Crippen LogP contribution in [0, 0.1) is 0 Å². The van der Waals surface area contributed by atoms with Gasteiger partial charge in [-0.2, -0.15) is 0 Å². The van der Waals surface area contributed by atoms with E-state index in [-0.39, 0.29) is 15.4 Å². The molecule has 0 N–H and O–H groups in total. The third-order valence-electron chi connectivity index (χ3n) is 4.40. The van der Waals surface area contributed by atoms with Crippen LogP contribution >= 0.6 is 0 Å². The highest BCUT2D eigenvalue weighted by atomic mass is 32.3. The highest BCUT2D eigenvalue weighted by Gasteiger charge is 2.41. The molecule has 1 unspecified atom stereocenters. The van der Waals surface area contributed by atoms with Crippen molar-refractivity contribution < 1.29 is 21.2 Å². The Morgan fingerprint density at radius 2 is 0.964 bits per heavy atom. The summed E-state index contributed by atoms with van der Waals surface area (Å²) in [7, 11) is -8.68. The summed E-state index contributed by atoms with van der Waals surface area (Å²) in [6.45, 7) is 0. The van der Waals surface area contributed by atoms with Gasteiger partial charge in [0.2, 0.25) is 0 Å². The minimum absolute atomic E-state index is 0.153. The molecule has 0 saturated heterocycles. The molecular formula is C21H19FO4S2. The second-order valence-corrected chi connectivity index (χ2v) is 10.8. The van der Waals surface area contributed by atoms with Crippen molar-refractivity contribution in [1.29, 1.82) is 0 Å². The molecule has 0 amide bonds. The van der Waals surface area contributed by atoms with Crippen molar-refractivity contribution in [3.05, 3.63) is 96.6 Å². The molecule has 0 aliphatic carbocycles. The maximum atomic E-state index is 14.9. The zero-order valence-electron chi connectivity index (χ0n) is 14.8. The summed E-state index contributed by atoms with van der Waals surface area (Å²) < 4.78 is 65.7. The van der Waals surface area contributed by atoms with Gasteiger partial charge < -0.3 is 0 Å². The molecule has 3 aromatic rings. The van der Waals surface area contributed by atoms with Crippen LogP contribution in [-0.2, 0) is 19.7 Å². The molecule has 0 aliphatic rings. The van der Waals surface area contributed by atoms with Crippen molar-refractivity contribution in [2.45, 2.75) is 27.0 Å². The molecule has 146 valence electrons. The molecule has 0 fully saturated rings. The number of benzene rings is 3. The molecule has 0 aliphatic heterocycles. The maximum Gasteiger partial charge on any atom is 0.196 e. The van der Waals surface area contributed by atoms with Crippen molar-refractivity contribution >= 4 is 19.7 Å². The Morgan fingerprint density at radius 3 is 1.36 bits per heavy atom. The number of hydrogen-bond acceptors (Lipinski definition) is 4. The Hall–Kier alpha value is -2.51. The number of rotatable bonds is 7. The van der Waals surface area contributed by atoms with Gasteiger partial charge in [0.1, 0.15) is 6.17 Å². The smallest absolute Gasteiger partial charge is 0.196 e. The van der Waals surface area contributed by atoms with Crippen LogP contribution in [0.3, 0.4) is 0 Å². The predicted molar refractivity (Wildman–Crippen MR) is 106 cm³/mol. The Balaban J connectivity index is 2.09. The zero-order chi connectivity index (χ0) is 20.2. The monoisotopic (exact) mass is 418 g/mol. The summed E-state index contributed by atoms with van der Waals surface area (Å²) in [5.74, 6) is 0. The molecule has 0 aromatic heterocycles.